The van der Waals surface area contributed by atoms with Crippen molar-refractivity contribution in [1.82, 2.24) is 10.2 Å². The van der Waals surface area contributed by atoms with Crippen molar-refractivity contribution in [1.29, 1.82) is 0 Å². The maximum atomic E-state index is 14.2. The van der Waals surface area contributed by atoms with Crippen molar-refractivity contribution in [2.45, 2.75) is 65.1 Å². The number of aliphatic imine (C=N–C) groups is 1. The largest absolute Gasteiger partial charge is 0.478 e. The van der Waals surface area contributed by atoms with E-state index in [1.54, 1.807) is 39.8 Å². The Morgan fingerprint density at radius 2 is 1.74 bits per heavy atom. The molecule has 1 saturated heterocycles. The number of nitrogens with zero attached hydrogens (tertiary/aromatic N) is 2. The number of hydrogen-bond acceptors (Lipinski definition) is 4. The lowest BCUT2D eigenvalue weighted by atomic mass is 9.82. The van der Waals surface area contributed by atoms with Gasteiger partial charge in [0.25, 0.3) is 5.91 Å². The number of benzene rings is 2. The molecule has 2 amide bonds. The molecule has 8 heteroatoms. The van der Waals surface area contributed by atoms with Gasteiger partial charge in [0.15, 0.2) is 0 Å². The number of ether oxygens (including phenoxy) is 1. The average molecular weight is 480 g/mol. The number of nitrogens with one attached hydrogen (secondary N) is 1. The van der Waals surface area contributed by atoms with Gasteiger partial charge in [0, 0.05) is 0 Å². The van der Waals surface area contributed by atoms with Gasteiger partial charge in [-0.1, -0.05) is 56.3 Å². The van der Waals surface area contributed by atoms with Gasteiger partial charge >= 0.3 is 12.1 Å². The van der Waals surface area contributed by atoms with Crippen molar-refractivity contribution in [3.8, 4) is 0 Å². The topological polar surface area (TPSA) is 108 Å². The second-order valence-corrected chi connectivity index (χ2v) is 10.2. The maximum absolute atomic E-state index is 14.2. The van der Waals surface area contributed by atoms with E-state index in [4.69, 9.17) is 4.74 Å². The summed E-state index contributed by atoms with van der Waals surface area (Å²) in [4.78, 5) is 44.0. The van der Waals surface area contributed by atoms with Gasteiger partial charge in [-0.15, -0.1) is 4.99 Å². The molecule has 8 nitrogen and oxygen atoms in total. The fourth-order valence-electron chi connectivity index (χ4n) is 4.29. The summed E-state index contributed by atoms with van der Waals surface area (Å²) < 4.78 is 5.39. The van der Waals surface area contributed by atoms with E-state index in [0.29, 0.717) is 12.0 Å². The molecule has 186 valence electrons. The first-order valence-electron chi connectivity index (χ1n) is 11.7. The highest BCUT2D eigenvalue weighted by Crippen LogP contribution is 2.39. The van der Waals surface area contributed by atoms with Gasteiger partial charge in [0.05, 0.1) is 11.6 Å². The van der Waals surface area contributed by atoms with Crippen LogP contribution >= 0.6 is 0 Å². The number of aromatic carboxylic acids is 1. The third kappa shape index (κ3) is 5.70. The molecule has 0 bridgehead atoms. The second kappa shape index (κ2) is 9.90. The predicted molar refractivity (Wildman–Crippen MR) is 133 cm³/mol. The lowest BCUT2D eigenvalue weighted by molar-refractivity contribution is -0.133. The average Bonchev–Trinajstić information content (AvgIpc) is 3.03. The number of hydrogen-bond donors (Lipinski definition) is 2. The Labute approximate surface area is 206 Å². The molecule has 2 aromatic carbocycles. The molecule has 2 aromatic rings. The molecule has 3 rings (SSSR count). The van der Waals surface area contributed by atoms with Crippen LogP contribution in [0.25, 0.3) is 0 Å². The highest BCUT2D eigenvalue weighted by Gasteiger charge is 2.53. The minimum absolute atomic E-state index is 0.0713. The van der Waals surface area contributed by atoms with Crippen LogP contribution in [0.2, 0.25) is 0 Å². The van der Waals surface area contributed by atoms with Crippen LogP contribution in [0.15, 0.2) is 59.6 Å². The van der Waals surface area contributed by atoms with E-state index < -0.39 is 29.2 Å². The zero-order chi connectivity index (χ0) is 26.0. The first kappa shape index (κ1) is 25.9. The lowest BCUT2D eigenvalue weighted by Gasteiger charge is -2.30. The van der Waals surface area contributed by atoms with Gasteiger partial charge in [0.2, 0.25) is 5.96 Å². The highest BCUT2D eigenvalue weighted by atomic mass is 16.6. The maximum Gasteiger partial charge on any atom is 0.437 e. The molecule has 2 N–H and O–H groups in total. The fourth-order valence-corrected chi connectivity index (χ4v) is 4.29. The van der Waals surface area contributed by atoms with E-state index in [1.165, 1.54) is 17.0 Å². The molecular weight excluding hydrogens is 446 g/mol. The van der Waals surface area contributed by atoms with Gasteiger partial charge < -0.3 is 15.2 Å². The van der Waals surface area contributed by atoms with Gasteiger partial charge in [-0.25, -0.2) is 9.59 Å². The van der Waals surface area contributed by atoms with Gasteiger partial charge in [0.1, 0.15) is 11.1 Å². The summed E-state index contributed by atoms with van der Waals surface area (Å²) in [5, 5.41) is 12.7. The van der Waals surface area contributed by atoms with Crippen LogP contribution in [0.4, 0.5) is 4.79 Å². The van der Waals surface area contributed by atoms with E-state index in [-0.39, 0.29) is 23.3 Å². The van der Waals surface area contributed by atoms with E-state index in [2.05, 4.69) is 10.3 Å². The van der Waals surface area contributed by atoms with Crippen LogP contribution in [0.5, 0.6) is 0 Å². The van der Waals surface area contributed by atoms with Crippen LogP contribution in [-0.4, -0.2) is 39.5 Å². The van der Waals surface area contributed by atoms with E-state index in [1.807, 2.05) is 44.2 Å². The Balaban J connectivity index is 2.15. The molecule has 0 spiro atoms. The van der Waals surface area contributed by atoms with Gasteiger partial charge in [-0.3, -0.25) is 9.69 Å². The normalized spacial score (nSPS) is 20.1. The molecule has 0 aliphatic carbocycles. The van der Waals surface area contributed by atoms with Crippen LogP contribution < -0.4 is 5.32 Å². The Kier molecular flexibility index (Phi) is 7.33. The Morgan fingerprint density at radius 3 is 2.31 bits per heavy atom. The quantitative estimate of drug-likeness (QED) is 0.596. The molecule has 1 fully saturated rings. The first-order chi connectivity index (χ1) is 16.3. The molecule has 1 unspecified atom stereocenters. The Hall–Kier alpha value is -3.68. The minimum atomic E-state index is -1.14. The number of carbonyl (C=O) groups excluding carboxylic acids is 2. The third-order valence-corrected chi connectivity index (χ3v) is 5.71. The summed E-state index contributed by atoms with van der Waals surface area (Å²) >= 11 is 0. The monoisotopic (exact) mass is 479 g/mol. The van der Waals surface area contributed by atoms with E-state index >= 15 is 0 Å². The SMILES string of the molecule is CC(C)C[C@]1(c2ccccc2)NC(=NC(=O)OC(C)(C)C)N(C(C)c2cccc(C(=O)O)c2)C1=O. The molecule has 1 aliphatic rings. The van der Waals surface area contributed by atoms with Crippen molar-refractivity contribution in [3.63, 3.8) is 0 Å². The molecule has 0 radical (unpaired) electrons. The molecule has 0 aromatic heterocycles. The number of amides is 2. The van der Waals surface area contributed by atoms with Crippen LogP contribution in [0, 0.1) is 5.92 Å². The van der Waals surface area contributed by atoms with Crippen molar-refractivity contribution in [2.24, 2.45) is 10.9 Å². The highest BCUT2D eigenvalue weighted by molar-refractivity contribution is 6.11. The number of guanidine groups is 1. The van der Waals surface area contributed by atoms with E-state index in [0.717, 1.165) is 5.56 Å². The van der Waals surface area contributed by atoms with Gasteiger partial charge in [-0.05, 0) is 63.3 Å². The van der Waals surface area contributed by atoms with Crippen molar-refractivity contribution < 1.29 is 24.2 Å². The Bertz CT molecular complexity index is 1140. The summed E-state index contributed by atoms with van der Waals surface area (Å²) in [6.45, 7) is 11.0. The number of carboxylic acid groups (broad SMARTS) is 1. The second-order valence-electron chi connectivity index (χ2n) is 10.2. The van der Waals surface area contributed by atoms with Crippen LogP contribution in [0.3, 0.4) is 0 Å². The lowest BCUT2D eigenvalue weighted by Crippen LogP contribution is -2.45. The predicted octanol–water partition coefficient (Wildman–Crippen LogP) is 5.11. The molecule has 1 aliphatic heterocycles. The molecule has 35 heavy (non-hydrogen) atoms. The van der Waals surface area contributed by atoms with Crippen LogP contribution in [0.1, 0.15) is 75.5 Å². The zero-order valence-electron chi connectivity index (χ0n) is 21.0. The molecule has 2 atom stereocenters. The minimum Gasteiger partial charge on any atom is -0.478 e. The van der Waals surface area contributed by atoms with Gasteiger partial charge in [-0.2, -0.15) is 0 Å². The van der Waals surface area contributed by atoms with Crippen LogP contribution in [-0.2, 0) is 15.1 Å². The smallest absolute Gasteiger partial charge is 0.437 e. The number of carboxylic acids is 1. The molecule has 1 heterocycles. The Morgan fingerprint density at radius 1 is 1.09 bits per heavy atom. The van der Waals surface area contributed by atoms with E-state index in [9.17, 15) is 19.5 Å². The first-order valence-corrected chi connectivity index (χ1v) is 11.7. The summed E-state index contributed by atoms with van der Waals surface area (Å²) in [6.07, 6.45) is -0.362. The third-order valence-electron chi connectivity index (χ3n) is 5.71. The summed E-state index contributed by atoms with van der Waals surface area (Å²) in [5.41, 5.74) is -0.439. The fraction of sp³-hybridized carbons (Fsp3) is 0.407. The number of rotatable bonds is 6. The summed E-state index contributed by atoms with van der Waals surface area (Å²) in [7, 11) is 0. The number of carbonyl (C=O) groups is 3. The standard InChI is InChI=1S/C27H33N3O5/c1-17(2)16-27(21-13-8-7-9-14-21)23(33)30(24(29-27)28-25(34)35-26(4,5)6)18(3)19-11-10-12-20(15-19)22(31)32/h7-15,17-18H,16H2,1-6H3,(H,31,32)(H,28,29,34)/t18?,27-/m1/s1. The summed E-state index contributed by atoms with van der Waals surface area (Å²) in [5.74, 6) is -1.12. The summed E-state index contributed by atoms with van der Waals surface area (Å²) in [6, 6.07) is 15.1. The van der Waals surface area contributed by atoms with Crippen molar-refractivity contribution >= 4 is 23.9 Å². The molecular formula is C27H33N3O5. The van der Waals surface area contributed by atoms with Crippen molar-refractivity contribution in [2.75, 3.05) is 0 Å². The van der Waals surface area contributed by atoms with Crippen molar-refractivity contribution in [3.05, 3.63) is 71.3 Å². The zero-order valence-corrected chi connectivity index (χ0v) is 21.0. The molecule has 0 saturated carbocycles.